The lowest BCUT2D eigenvalue weighted by Crippen LogP contribution is -2.31. The summed E-state index contributed by atoms with van der Waals surface area (Å²) in [7, 11) is 0. The number of fused-ring (bicyclic) bond motifs is 1. The molecule has 2 aromatic heterocycles. The molecule has 3 heterocycles. The van der Waals surface area contributed by atoms with Crippen LogP contribution in [-0.4, -0.2) is 37.1 Å². The summed E-state index contributed by atoms with van der Waals surface area (Å²) in [5, 5.41) is 7.35. The SMILES string of the molecule is Cc1n[nH]c(C)c1C1CCCN1C(=O)CCn1cnc2ccccc21. The fourth-order valence-corrected chi connectivity index (χ4v) is 3.96. The largest absolute Gasteiger partial charge is 0.335 e. The van der Waals surface area contributed by atoms with Crippen LogP contribution in [0.5, 0.6) is 0 Å². The Balaban J connectivity index is 1.49. The van der Waals surface area contributed by atoms with E-state index in [0.29, 0.717) is 13.0 Å². The molecule has 6 heteroatoms. The molecule has 1 atom stereocenters. The molecular weight excluding hydrogens is 314 g/mol. The molecular formula is C19H23N5O. The van der Waals surface area contributed by atoms with Gasteiger partial charge in [0.25, 0.3) is 0 Å². The number of aromatic nitrogens is 4. The molecule has 0 saturated carbocycles. The molecule has 130 valence electrons. The summed E-state index contributed by atoms with van der Waals surface area (Å²) in [6.45, 7) is 5.54. The molecule has 1 saturated heterocycles. The minimum atomic E-state index is 0.158. The molecule has 1 fully saturated rings. The summed E-state index contributed by atoms with van der Waals surface area (Å²) >= 11 is 0. The predicted octanol–water partition coefficient (Wildman–Crippen LogP) is 3.13. The van der Waals surface area contributed by atoms with Crippen LogP contribution in [0.15, 0.2) is 30.6 Å². The number of likely N-dealkylation sites (tertiary alicyclic amines) is 1. The van der Waals surface area contributed by atoms with Gasteiger partial charge in [0.05, 0.1) is 29.1 Å². The van der Waals surface area contributed by atoms with Gasteiger partial charge < -0.3 is 9.47 Å². The fraction of sp³-hybridized carbons (Fsp3) is 0.421. The summed E-state index contributed by atoms with van der Waals surface area (Å²) in [5.74, 6) is 0.209. The standard InChI is InChI=1S/C19H23N5O/c1-13-19(14(2)22-21-13)17-8-5-10-24(17)18(25)9-11-23-12-20-15-6-3-4-7-16(15)23/h3-4,6-7,12,17H,5,8-11H2,1-2H3,(H,21,22). The molecule has 0 spiro atoms. The van der Waals surface area contributed by atoms with E-state index >= 15 is 0 Å². The molecule has 1 unspecified atom stereocenters. The first-order chi connectivity index (χ1) is 12.1. The zero-order chi connectivity index (χ0) is 17.4. The third-order valence-electron chi connectivity index (χ3n) is 5.19. The highest BCUT2D eigenvalue weighted by Crippen LogP contribution is 2.35. The van der Waals surface area contributed by atoms with Crippen LogP contribution in [0.3, 0.4) is 0 Å². The molecule has 1 aromatic carbocycles. The van der Waals surface area contributed by atoms with Crippen molar-refractivity contribution in [2.45, 2.75) is 45.7 Å². The van der Waals surface area contributed by atoms with Gasteiger partial charge in [-0.3, -0.25) is 9.89 Å². The molecule has 3 aromatic rings. The van der Waals surface area contributed by atoms with Gasteiger partial charge in [0.1, 0.15) is 0 Å². The second-order valence-electron chi connectivity index (χ2n) is 6.77. The van der Waals surface area contributed by atoms with Gasteiger partial charge >= 0.3 is 0 Å². The highest BCUT2D eigenvalue weighted by Gasteiger charge is 2.32. The van der Waals surface area contributed by atoms with E-state index in [0.717, 1.165) is 41.8 Å². The molecule has 1 N–H and O–H groups in total. The number of hydrogen-bond acceptors (Lipinski definition) is 3. The van der Waals surface area contributed by atoms with Crippen LogP contribution >= 0.6 is 0 Å². The number of H-pyrrole nitrogens is 1. The number of carbonyl (C=O) groups is 1. The number of benzene rings is 1. The number of rotatable bonds is 4. The average Bonchev–Trinajstić information content (AvgIpc) is 3.32. The van der Waals surface area contributed by atoms with E-state index in [4.69, 9.17) is 0 Å². The Morgan fingerprint density at radius 3 is 2.96 bits per heavy atom. The highest BCUT2D eigenvalue weighted by molar-refractivity contribution is 5.78. The molecule has 0 radical (unpaired) electrons. The normalized spacial score (nSPS) is 17.5. The summed E-state index contributed by atoms with van der Waals surface area (Å²) < 4.78 is 2.06. The molecule has 1 amide bonds. The van der Waals surface area contributed by atoms with Crippen LogP contribution in [0.25, 0.3) is 11.0 Å². The Labute approximate surface area is 146 Å². The number of imidazole rings is 1. The van der Waals surface area contributed by atoms with Gasteiger partial charge in [0, 0.05) is 30.8 Å². The Morgan fingerprint density at radius 1 is 1.32 bits per heavy atom. The van der Waals surface area contributed by atoms with Crippen molar-refractivity contribution in [1.29, 1.82) is 0 Å². The van der Waals surface area contributed by atoms with Crippen molar-refractivity contribution in [3.8, 4) is 0 Å². The molecule has 25 heavy (non-hydrogen) atoms. The number of hydrogen-bond donors (Lipinski definition) is 1. The molecule has 0 bridgehead atoms. The van der Waals surface area contributed by atoms with E-state index in [1.165, 1.54) is 5.56 Å². The highest BCUT2D eigenvalue weighted by atomic mass is 16.2. The van der Waals surface area contributed by atoms with Crippen molar-refractivity contribution < 1.29 is 4.79 Å². The Kier molecular flexibility index (Phi) is 4.03. The van der Waals surface area contributed by atoms with E-state index in [-0.39, 0.29) is 11.9 Å². The van der Waals surface area contributed by atoms with Crippen molar-refractivity contribution in [3.63, 3.8) is 0 Å². The topological polar surface area (TPSA) is 66.8 Å². The van der Waals surface area contributed by atoms with Gasteiger partial charge in [0.2, 0.25) is 5.91 Å². The van der Waals surface area contributed by atoms with Crippen molar-refractivity contribution in [3.05, 3.63) is 47.5 Å². The first kappa shape index (κ1) is 15.9. The Bertz CT molecular complexity index is 890. The number of nitrogens with one attached hydrogen (secondary N) is 1. The van der Waals surface area contributed by atoms with Crippen LogP contribution in [0.1, 0.15) is 42.3 Å². The number of aryl methyl sites for hydroxylation is 3. The summed E-state index contributed by atoms with van der Waals surface area (Å²) in [6, 6.07) is 8.18. The lowest BCUT2D eigenvalue weighted by Gasteiger charge is -2.25. The minimum absolute atomic E-state index is 0.158. The molecule has 0 aliphatic carbocycles. The maximum absolute atomic E-state index is 12.9. The number of amides is 1. The Morgan fingerprint density at radius 2 is 2.16 bits per heavy atom. The quantitative estimate of drug-likeness (QED) is 0.795. The van der Waals surface area contributed by atoms with Gasteiger partial charge in [-0.25, -0.2) is 4.98 Å². The van der Waals surface area contributed by atoms with Gasteiger partial charge in [-0.05, 0) is 38.8 Å². The van der Waals surface area contributed by atoms with Crippen molar-refractivity contribution in [1.82, 2.24) is 24.6 Å². The second-order valence-corrected chi connectivity index (χ2v) is 6.77. The van der Waals surface area contributed by atoms with Crippen molar-refractivity contribution >= 4 is 16.9 Å². The second kappa shape index (κ2) is 6.35. The third kappa shape index (κ3) is 2.81. The van der Waals surface area contributed by atoms with Crippen LogP contribution in [0.2, 0.25) is 0 Å². The minimum Gasteiger partial charge on any atom is -0.335 e. The molecule has 1 aliphatic heterocycles. The number of aromatic amines is 1. The summed E-state index contributed by atoms with van der Waals surface area (Å²) in [6.07, 6.45) is 4.38. The van der Waals surface area contributed by atoms with Crippen LogP contribution in [-0.2, 0) is 11.3 Å². The lowest BCUT2D eigenvalue weighted by molar-refractivity contribution is -0.132. The lowest BCUT2D eigenvalue weighted by atomic mass is 10.0. The van der Waals surface area contributed by atoms with Crippen LogP contribution in [0, 0.1) is 13.8 Å². The van der Waals surface area contributed by atoms with E-state index in [9.17, 15) is 4.79 Å². The van der Waals surface area contributed by atoms with Crippen molar-refractivity contribution in [2.24, 2.45) is 0 Å². The van der Waals surface area contributed by atoms with Gasteiger partial charge in [-0.1, -0.05) is 12.1 Å². The zero-order valence-corrected chi connectivity index (χ0v) is 14.7. The van der Waals surface area contributed by atoms with Crippen LogP contribution < -0.4 is 0 Å². The predicted molar refractivity (Wildman–Crippen MR) is 96.1 cm³/mol. The van der Waals surface area contributed by atoms with E-state index in [2.05, 4.69) is 19.7 Å². The first-order valence-corrected chi connectivity index (χ1v) is 8.86. The zero-order valence-electron chi connectivity index (χ0n) is 14.7. The molecule has 4 rings (SSSR count). The maximum Gasteiger partial charge on any atom is 0.224 e. The molecule has 1 aliphatic rings. The monoisotopic (exact) mass is 337 g/mol. The smallest absolute Gasteiger partial charge is 0.224 e. The van der Waals surface area contributed by atoms with Gasteiger partial charge in [0.15, 0.2) is 0 Å². The Hall–Kier alpha value is -2.63. The van der Waals surface area contributed by atoms with E-state index in [1.807, 2.05) is 49.3 Å². The maximum atomic E-state index is 12.9. The average molecular weight is 337 g/mol. The van der Waals surface area contributed by atoms with Crippen LogP contribution in [0.4, 0.5) is 0 Å². The van der Waals surface area contributed by atoms with Gasteiger partial charge in [-0.2, -0.15) is 5.10 Å². The fourth-order valence-electron chi connectivity index (χ4n) is 3.96. The van der Waals surface area contributed by atoms with Crippen molar-refractivity contribution in [2.75, 3.05) is 6.54 Å². The third-order valence-corrected chi connectivity index (χ3v) is 5.19. The number of carbonyl (C=O) groups excluding carboxylic acids is 1. The number of nitrogens with zero attached hydrogens (tertiary/aromatic N) is 4. The summed E-state index contributed by atoms with van der Waals surface area (Å²) in [4.78, 5) is 19.3. The van der Waals surface area contributed by atoms with E-state index in [1.54, 1.807) is 0 Å². The van der Waals surface area contributed by atoms with E-state index < -0.39 is 0 Å². The molecule has 6 nitrogen and oxygen atoms in total. The first-order valence-electron chi connectivity index (χ1n) is 8.86. The number of para-hydroxylation sites is 2. The summed E-state index contributed by atoms with van der Waals surface area (Å²) in [5.41, 5.74) is 5.32. The van der Waals surface area contributed by atoms with Gasteiger partial charge in [-0.15, -0.1) is 0 Å².